The summed E-state index contributed by atoms with van der Waals surface area (Å²) in [6.07, 6.45) is -5.28. The van der Waals surface area contributed by atoms with Crippen LogP contribution in [0.15, 0.2) is 12.1 Å². The Morgan fingerprint density at radius 3 is 2.63 bits per heavy atom. The number of aliphatic hydroxyl groups is 1. The summed E-state index contributed by atoms with van der Waals surface area (Å²) in [7, 11) is 0. The van der Waals surface area contributed by atoms with Gasteiger partial charge >= 0.3 is 6.18 Å². The molecule has 0 radical (unpaired) electrons. The Bertz CT molecular complexity index is 467. The lowest BCUT2D eigenvalue weighted by atomic mass is 9.95. The van der Waals surface area contributed by atoms with Gasteiger partial charge in [0.1, 0.15) is 17.0 Å². The third-order valence-corrected chi connectivity index (χ3v) is 3.54. The van der Waals surface area contributed by atoms with Crippen molar-refractivity contribution < 1.29 is 23.0 Å². The molecule has 19 heavy (non-hydrogen) atoms. The summed E-state index contributed by atoms with van der Waals surface area (Å²) in [5, 5.41) is 9.79. The standard InChI is InChI=1S/C12H13ClF3NO2/c1-6-4-5-19-10(6)9(18)7-2-3-8(12(14,15)16)17-11(7)13/h2-3,6,9-10,18H,4-5H2,1H3. The molecule has 1 aliphatic rings. The Labute approximate surface area is 113 Å². The van der Waals surface area contributed by atoms with E-state index in [1.807, 2.05) is 6.92 Å². The van der Waals surface area contributed by atoms with Crippen LogP contribution in [0.25, 0.3) is 0 Å². The van der Waals surface area contributed by atoms with Gasteiger partial charge in [-0.3, -0.25) is 0 Å². The molecule has 0 spiro atoms. The number of alkyl halides is 3. The first-order chi connectivity index (χ1) is 8.80. The number of ether oxygens (including phenoxy) is 1. The van der Waals surface area contributed by atoms with Crippen molar-refractivity contribution in [3.05, 3.63) is 28.5 Å². The molecule has 0 saturated carbocycles. The van der Waals surface area contributed by atoms with Crippen LogP contribution >= 0.6 is 11.6 Å². The SMILES string of the molecule is CC1CCOC1C(O)c1ccc(C(F)(F)F)nc1Cl. The Morgan fingerprint density at radius 2 is 2.16 bits per heavy atom. The quantitative estimate of drug-likeness (QED) is 0.852. The molecule has 106 valence electrons. The molecule has 0 bridgehead atoms. The largest absolute Gasteiger partial charge is 0.433 e. The van der Waals surface area contributed by atoms with E-state index >= 15 is 0 Å². The number of halogens is 4. The van der Waals surface area contributed by atoms with Crippen LogP contribution in [0.3, 0.4) is 0 Å². The monoisotopic (exact) mass is 295 g/mol. The molecule has 1 aromatic heterocycles. The molecule has 1 aliphatic heterocycles. The summed E-state index contributed by atoms with van der Waals surface area (Å²) < 4.78 is 42.7. The Kier molecular flexibility index (Phi) is 4.03. The maximum Gasteiger partial charge on any atom is 0.433 e. The highest BCUT2D eigenvalue weighted by Crippen LogP contribution is 2.35. The van der Waals surface area contributed by atoms with Crippen molar-refractivity contribution in [2.24, 2.45) is 5.92 Å². The van der Waals surface area contributed by atoms with E-state index in [0.717, 1.165) is 18.6 Å². The smallest absolute Gasteiger partial charge is 0.386 e. The van der Waals surface area contributed by atoms with Crippen LogP contribution in [0.4, 0.5) is 13.2 Å². The highest BCUT2D eigenvalue weighted by molar-refractivity contribution is 6.30. The molecule has 3 atom stereocenters. The van der Waals surface area contributed by atoms with E-state index in [-0.39, 0.29) is 16.6 Å². The fourth-order valence-corrected chi connectivity index (χ4v) is 2.39. The van der Waals surface area contributed by atoms with Gasteiger partial charge in [0.25, 0.3) is 0 Å². The van der Waals surface area contributed by atoms with Crippen molar-refractivity contribution in [3.63, 3.8) is 0 Å². The average Bonchev–Trinajstić information content (AvgIpc) is 2.73. The van der Waals surface area contributed by atoms with E-state index in [0.29, 0.717) is 6.61 Å². The minimum absolute atomic E-state index is 0.119. The zero-order chi connectivity index (χ0) is 14.2. The summed E-state index contributed by atoms with van der Waals surface area (Å²) in [6.45, 7) is 2.43. The topological polar surface area (TPSA) is 42.4 Å². The zero-order valence-corrected chi connectivity index (χ0v) is 10.9. The van der Waals surface area contributed by atoms with Crippen LogP contribution < -0.4 is 0 Å². The number of pyridine rings is 1. The maximum atomic E-state index is 12.5. The Hall–Kier alpha value is -0.850. The fourth-order valence-electron chi connectivity index (χ4n) is 2.12. The second-order valence-electron chi connectivity index (χ2n) is 4.62. The second kappa shape index (κ2) is 5.26. The molecule has 2 rings (SSSR count). The molecule has 0 aromatic carbocycles. The lowest BCUT2D eigenvalue weighted by Crippen LogP contribution is -2.23. The van der Waals surface area contributed by atoms with Crippen molar-refractivity contribution in [3.8, 4) is 0 Å². The number of rotatable bonds is 2. The van der Waals surface area contributed by atoms with Crippen LogP contribution in [0.1, 0.15) is 30.7 Å². The van der Waals surface area contributed by atoms with Crippen molar-refractivity contribution >= 4 is 11.6 Å². The van der Waals surface area contributed by atoms with E-state index in [4.69, 9.17) is 16.3 Å². The molecule has 1 fully saturated rings. The zero-order valence-electron chi connectivity index (χ0n) is 10.1. The average molecular weight is 296 g/mol. The molecule has 0 aliphatic carbocycles. The summed E-state index contributed by atoms with van der Waals surface area (Å²) in [5.41, 5.74) is -0.915. The fraction of sp³-hybridized carbons (Fsp3) is 0.583. The van der Waals surface area contributed by atoms with Crippen molar-refractivity contribution in [1.29, 1.82) is 0 Å². The second-order valence-corrected chi connectivity index (χ2v) is 4.98. The summed E-state index contributed by atoms with van der Waals surface area (Å²) in [6, 6.07) is 1.96. The summed E-state index contributed by atoms with van der Waals surface area (Å²) in [5.74, 6) is 0.119. The Balaban J connectivity index is 2.26. The molecule has 3 nitrogen and oxygen atoms in total. The third-order valence-electron chi connectivity index (χ3n) is 3.24. The molecule has 7 heteroatoms. The highest BCUT2D eigenvalue weighted by atomic mass is 35.5. The van der Waals surface area contributed by atoms with Gasteiger partial charge in [0.05, 0.1) is 6.10 Å². The van der Waals surface area contributed by atoms with E-state index in [1.165, 1.54) is 0 Å². The first kappa shape index (κ1) is 14.6. The van der Waals surface area contributed by atoms with Gasteiger partial charge in [-0.25, -0.2) is 4.98 Å². The molecule has 1 saturated heterocycles. The van der Waals surface area contributed by atoms with Crippen LogP contribution in [0, 0.1) is 5.92 Å². The number of hydrogen-bond donors (Lipinski definition) is 1. The number of aromatic nitrogens is 1. The molecule has 1 N–H and O–H groups in total. The van der Waals surface area contributed by atoms with Gasteiger partial charge in [0, 0.05) is 12.2 Å². The predicted molar refractivity (Wildman–Crippen MR) is 62.7 cm³/mol. The van der Waals surface area contributed by atoms with Gasteiger partial charge in [0.2, 0.25) is 0 Å². The van der Waals surface area contributed by atoms with E-state index < -0.39 is 24.1 Å². The van der Waals surface area contributed by atoms with Crippen LogP contribution in [-0.4, -0.2) is 22.8 Å². The van der Waals surface area contributed by atoms with E-state index in [9.17, 15) is 18.3 Å². The molecular weight excluding hydrogens is 283 g/mol. The number of aliphatic hydroxyl groups excluding tert-OH is 1. The Morgan fingerprint density at radius 1 is 1.47 bits per heavy atom. The minimum Gasteiger partial charge on any atom is -0.386 e. The predicted octanol–water partition coefficient (Wildman–Crippen LogP) is 3.21. The minimum atomic E-state index is -4.55. The summed E-state index contributed by atoms with van der Waals surface area (Å²) >= 11 is 5.73. The van der Waals surface area contributed by atoms with Gasteiger partial charge in [-0.1, -0.05) is 24.6 Å². The van der Waals surface area contributed by atoms with E-state index in [1.54, 1.807) is 0 Å². The van der Waals surface area contributed by atoms with Gasteiger partial charge in [-0.05, 0) is 18.4 Å². The first-order valence-electron chi connectivity index (χ1n) is 5.84. The van der Waals surface area contributed by atoms with Crippen molar-refractivity contribution in [1.82, 2.24) is 4.98 Å². The third kappa shape index (κ3) is 3.01. The molecule has 0 amide bonds. The van der Waals surface area contributed by atoms with Crippen LogP contribution in [0.5, 0.6) is 0 Å². The van der Waals surface area contributed by atoms with Gasteiger partial charge in [-0.2, -0.15) is 13.2 Å². The van der Waals surface area contributed by atoms with Gasteiger partial charge in [0.15, 0.2) is 0 Å². The van der Waals surface area contributed by atoms with E-state index in [2.05, 4.69) is 4.98 Å². The molecule has 1 aromatic rings. The molecular formula is C12H13ClF3NO2. The van der Waals surface area contributed by atoms with Crippen molar-refractivity contribution in [2.45, 2.75) is 31.7 Å². The summed E-state index contributed by atoms with van der Waals surface area (Å²) in [4.78, 5) is 3.29. The van der Waals surface area contributed by atoms with Crippen LogP contribution in [-0.2, 0) is 10.9 Å². The van der Waals surface area contributed by atoms with Gasteiger partial charge < -0.3 is 9.84 Å². The lowest BCUT2D eigenvalue weighted by molar-refractivity contribution is -0.141. The first-order valence-corrected chi connectivity index (χ1v) is 6.22. The number of nitrogens with zero attached hydrogens (tertiary/aromatic N) is 1. The van der Waals surface area contributed by atoms with Crippen molar-refractivity contribution in [2.75, 3.05) is 6.61 Å². The van der Waals surface area contributed by atoms with Gasteiger partial charge in [-0.15, -0.1) is 0 Å². The molecule has 2 heterocycles. The normalized spacial score (nSPS) is 25.6. The number of hydrogen-bond acceptors (Lipinski definition) is 3. The maximum absolute atomic E-state index is 12.5. The highest BCUT2D eigenvalue weighted by Gasteiger charge is 2.36. The molecule has 3 unspecified atom stereocenters. The van der Waals surface area contributed by atoms with Crippen LogP contribution in [0.2, 0.25) is 5.15 Å². The lowest BCUT2D eigenvalue weighted by Gasteiger charge is -2.22.